The lowest BCUT2D eigenvalue weighted by molar-refractivity contribution is 0.590. The Morgan fingerprint density at radius 3 is 2.76 bits per heavy atom. The largest absolute Gasteiger partial charge is 0.272 e. The highest BCUT2D eigenvalue weighted by atomic mass is 32.2. The predicted octanol–water partition coefficient (Wildman–Crippen LogP) is 1.60. The van der Waals surface area contributed by atoms with E-state index >= 15 is 0 Å². The van der Waals surface area contributed by atoms with E-state index in [1.807, 2.05) is 0 Å². The van der Waals surface area contributed by atoms with Crippen LogP contribution in [-0.2, 0) is 10.0 Å². The van der Waals surface area contributed by atoms with Crippen LogP contribution in [-0.4, -0.2) is 20.8 Å². The fourth-order valence-corrected chi connectivity index (χ4v) is 3.06. The first-order chi connectivity index (χ1) is 7.99. The van der Waals surface area contributed by atoms with E-state index in [2.05, 4.69) is 9.71 Å². The molecule has 0 aromatic heterocycles. The van der Waals surface area contributed by atoms with Gasteiger partial charge in [-0.05, 0) is 37.1 Å². The number of nitrogens with zero attached hydrogens (tertiary/aromatic N) is 1. The summed E-state index contributed by atoms with van der Waals surface area (Å²) in [5, 5.41) is 0. The topological polar surface area (TPSA) is 58.5 Å². The maximum atomic E-state index is 12.9. The Balaban J connectivity index is 2.31. The summed E-state index contributed by atoms with van der Waals surface area (Å²) in [5.41, 5.74) is 0.385. The summed E-state index contributed by atoms with van der Waals surface area (Å²) in [5.74, 6) is 0.0355. The van der Waals surface area contributed by atoms with Crippen LogP contribution in [0.5, 0.6) is 0 Å². The van der Waals surface area contributed by atoms with Crippen molar-refractivity contribution >= 4 is 15.9 Å². The van der Waals surface area contributed by atoms with Gasteiger partial charge in [0.1, 0.15) is 11.7 Å². The van der Waals surface area contributed by atoms with Gasteiger partial charge in [-0.1, -0.05) is 0 Å². The van der Waals surface area contributed by atoms with Crippen molar-refractivity contribution in [3.63, 3.8) is 0 Å². The van der Waals surface area contributed by atoms with Gasteiger partial charge in [-0.25, -0.2) is 12.8 Å². The molecule has 0 fully saturated rings. The molecule has 0 atom stereocenters. The van der Waals surface area contributed by atoms with Gasteiger partial charge in [0.2, 0.25) is 0 Å². The van der Waals surface area contributed by atoms with E-state index in [-0.39, 0.29) is 4.90 Å². The molecule has 0 radical (unpaired) electrons. The SMILES string of the molecule is Cc1cc(F)ccc1S(=O)(=O)NC1=NCCC1. The lowest BCUT2D eigenvalue weighted by Crippen LogP contribution is -2.29. The Morgan fingerprint density at radius 2 is 2.18 bits per heavy atom. The molecular weight excluding hydrogens is 243 g/mol. The van der Waals surface area contributed by atoms with Crippen molar-refractivity contribution < 1.29 is 12.8 Å². The first kappa shape index (κ1) is 12.0. The van der Waals surface area contributed by atoms with Crippen molar-refractivity contribution in [3.8, 4) is 0 Å². The normalized spacial score (nSPS) is 15.8. The molecule has 1 aliphatic heterocycles. The second kappa shape index (κ2) is 4.44. The zero-order valence-corrected chi connectivity index (χ0v) is 10.2. The molecule has 0 unspecified atom stereocenters. The number of hydrogen-bond donors (Lipinski definition) is 1. The van der Waals surface area contributed by atoms with Gasteiger partial charge in [0.05, 0.1) is 4.90 Å². The monoisotopic (exact) mass is 256 g/mol. The quantitative estimate of drug-likeness (QED) is 0.873. The summed E-state index contributed by atoms with van der Waals surface area (Å²) >= 11 is 0. The molecule has 17 heavy (non-hydrogen) atoms. The van der Waals surface area contributed by atoms with Crippen LogP contribution >= 0.6 is 0 Å². The molecule has 1 heterocycles. The van der Waals surface area contributed by atoms with E-state index in [0.717, 1.165) is 12.5 Å². The minimum Gasteiger partial charge on any atom is -0.272 e. The number of benzene rings is 1. The van der Waals surface area contributed by atoms with Crippen molar-refractivity contribution in [2.45, 2.75) is 24.7 Å². The summed E-state index contributed by atoms with van der Waals surface area (Å²) in [7, 11) is -3.64. The van der Waals surface area contributed by atoms with Crippen LogP contribution in [0.4, 0.5) is 4.39 Å². The molecule has 0 bridgehead atoms. The molecule has 92 valence electrons. The molecule has 6 heteroatoms. The summed E-state index contributed by atoms with van der Waals surface area (Å²) < 4.78 is 39.3. The van der Waals surface area contributed by atoms with E-state index in [0.29, 0.717) is 24.4 Å². The Hall–Kier alpha value is -1.43. The van der Waals surface area contributed by atoms with Crippen molar-refractivity contribution in [1.82, 2.24) is 4.72 Å². The number of halogens is 1. The molecule has 2 rings (SSSR count). The van der Waals surface area contributed by atoms with Gasteiger partial charge in [-0.3, -0.25) is 9.71 Å². The van der Waals surface area contributed by atoms with Gasteiger partial charge in [0.25, 0.3) is 10.0 Å². The number of sulfonamides is 1. The van der Waals surface area contributed by atoms with Gasteiger partial charge >= 0.3 is 0 Å². The van der Waals surface area contributed by atoms with Gasteiger partial charge in [-0.2, -0.15) is 0 Å². The second-order valence-corrected chi connectivity index (χ2v) is 5.60. The zero-order chi connectivity index (χ0) is 12.5. The molecular formula is C11H13FN2O2S. The Morgan fingerprint density at radius 1 is 1.41 bits per heavy atom. The second-order valence-electron chi connectivity index (χ2n) is 3.95. The molecule has 1 aromatic carbocycles. The van der Waals surface area contributed by atoms with Crippen molar-refractivity contribution in [3.05, 3.63) is 29.6 Å². The van der Waals surface area contributed by atoms with E-state index in [4.69, 9.17) is 0 Å². The number of rotatable bonds is 2. The van der Waals surface area contributed by atoms with Gasteiger partial charge in [0, 0.05) is 13.0 Å². The number of nitrogens with one attached hydrogen (secondary N) is 1. The van der Waals surface area contributed by atoms with Crippen LogP contribution in [0.15, 0.2) is 28.1 Å². The predicted molar refractivity (Wildman–Crippen MR) is 63.0 cm³/mol. The Labute approximate surface area is 99.6 Å². The molecule has 1 N–H and O–H groups in total. The van der Waals surface area contributed by atoms with Crippen molar-refractivity contribution in [2.75, 3.05) is 6.54 Å². The van der Waals surface area contributed by atoms with E-state index < -0.39 is 15.8 Å². The van der Waals surface area contributed by atoms with Gasteiger partial charge in [0.15, 0.2) is 0 Å². The highest BCUT2D eigenvalue weighted by Crippen LogP contribution is 2.16. The summed E-state index contributed by atoms with van der Waals surface area (Å²) in [6.07, 6.45) is 1.50. The van der Waals surface area contributed by atoms with E-state index in [1.54, 1.807) is 6.92 Å². The molecule has 1 aromatic rings. The third-order valence-electron chi connectivity index (χ3n) is 2.55. The van der Waals surface area contributed by atoms with Gasteiger partial charge in [-0.15, -0.1) is 0 Å². The molecule has 0 amide bonds. The third-order valence-corrected chi connectivity index (χ3v) is 4.09. The number of aryl methyl sites for hydroxylation is 1. The number of aliphatic imine (C=N–C) groups is 1. The lowest BCUT2D eigenvalue weighted by Gasteiger charge is -2.09. The molecule has 0 spiro atoms. The Kier molecular flexibility index (Phi) is 3.15. The molecule has 0 saturated heterocycles. The van der Waals surface area contributed by atoms with E-state index in [9.17, 15) is 12.8 Å². The van der Waals surface area contributed by atoms with Crippen molar-refractivity contribution in [1.29, 1.82) is 0 Å². The smallest absolute Gasteiger partial charge is 0.263 e. The number of hydrogen-bond acceptors (Lipinski definition) is 3. The lowest BCUT2D eigenvalue weighted by atomic mass is 10.2. The fraction of sp³-hybridized carbons (Fsp3) is 0.364. The van der Waals surface area contributed by atoms with Crippen LogP contribution in [0.25, 0.3) is 0 Å². The average molecular weight is 256 g/mol. The standard InChI is InChI=1S/C11H13FN2O2S/c1-8-7-9(12)4-5-10(8)17(15,16)14-11-3-2-6-13-11/h4-5,7H,2-3,6H2,1H3,(H,13,14). The first-order valence-corrected chi connectivity index (χ1v) is 6.80. The molecule has 0 aliphatic carbocycles. The van der Waals surface area contributed by atoms with Crippen LogP contribution in [0.1, 0.15) is 18.4 Å². The third kappa shape index (κ3) is 2.63. The maximum Gasteiger partial charge on any atom is 0.263 e. The fourth-order valence-electron chi connectivity index (χ4n) is 1.75. The zero-order valence-electron chi connectivity index (χ0n) is 9.40. The summed E-state index contributed by atoms with van der Waals surface area (Å²) in [6.45, 7) is 2.22. The molecule has 0 saturated carbocycles. The van der Waals surface area contributed by atoms with Crippen LogP contribution in [0.2, 0.25) is 0 Å². The highest BCUT2D eigenvalue weighted by Gasteiger charge is 2.20. The summed E-state index contributed by atoms with van der Waals surface area (Å²) in [4.78, 5) is 4.14. The minimum atomic E-state index is -3.64. The Bertz CT molecular complexity index is 567. The average Bonchev–Trinajstić information content (AvgIpc) is 2.68. The minimum absolute atomic E-state index is 0.0912. The molecule has 4 nitrogen and oxygen atoms in total. The first-order valence-electron chi connectivity index (χ1n) is 5.31. The van der Waals surface area contributed by atoms with Gasteiger partial charge < -0.3 is 0 Å². The van der Waals surface area contributed by atoms with Crippen molar-refractivity contribution in [2.24, 2.45) is 4.99 Å². The van der Waals surface area contributed by atoms with E-state index in [1.165, 1.54) is 12.1 Å². The van der Waals surface area contributed by atoms with Crippen LogP contribution in [0, 0.1) is 12.7 Å². The summed E-state index contributed by atoms with van der Waals surface area (Å²) in [6, 6.07) is 3.60. The maximum absolute atomic E-state index is 12.9. The highest BCUT2D eigenvalue weighted by molar-refractivity contribution is 7.90. The van der Waals surface area contributed by atoms with Crippen LogP contribution in [0.3, 0.4) is 0 Å². The van der Waals surface area contributed by atoms with Crippen LogP contribution < -0.4 is 4.72 Å². The molecule has 1 aliphatic rings. The number of amidine groups is 1.